The lowest BCUT2D eigenvalue weighted by atomic mass is 10.1. The Morgan fingerprint density at radius 1 is 1.28 bits per heavy atom. The van der Waals surface area contributed by atoms with E-state index < -0.39 is 17.9 Å². The number of benzene rings is 1. The monoisotopic (exact) mass is 345 g/mol. The Kier molecular flexibility index (Phi) is 5.50. The molecule has 0 radical (unpaired) electrons. The number of aliphatic hydroxyl groups excluding tert-OH is 1. The lowest BCUT2D eigenvalue weighted by Crippen LogP contribution is -2.37. The number of Topliss-reactive ketones (excluding diaryl/α,β-unsaturated/α-hetero) is 1. The highest BCUT2D eigenvalue weighted by Gasteiger charge is 2.36. The van der Waals surface area contributed by atoms with Gasteiger partial charge in [-0.05, 0) is 43.5 Å². The van der Waals surface area contributed by atoms with E-state index in [0.717, 1.165) is 39.3 Å². The molecule has 2 aliphatic carbocycles. The minimum atomic E-state index is -0.707. The summed E-state index contributed by atoms with van der Waals surface area (Å²) in [6, 6.07) is 8.48. The molecule has 134 valence electrons. The number of hydrogen-bond acceptors (Lipinski definition) is 6. The summed E-state index contributed by atoms with van der Waals surface area (Å²) in [7, 11) is 0. The van der Waals surface area contributed by atoms with Gasteiger partial charge in [0.1, 0.15) is 5.57 Å². The third-order valence-electron chi connectivity index (χ3n) is 4.52. The fourth-order valence-corrected chi connectivity index (χ4v) is 3.03. The SMILES string of the molecule is CC(=O)C1=C(O)C(CCCN2CCOCC2)OC1=O.c1cc2cc-2c1. The molecule has 0 amide bonds. The Balaban J connectivity index is 0.000000250. The summed E-state index contributed by atoms with van der Waals surface area (Å²) < 4.78 is 10.3. The van der Waals surface area contributed by atoms with Crippen LogP contribution in [-0.4, -0.2) is 60.7 Å². The molecular weight excluding hydrogens is 322 g/mol. The van der Waals surface area contributed by atoms with Gasteiger partial charge in [-0.15, -0.1) is 0 Å². The van der Waals surface area contributed by atoms with Crippen molar-refractivity contribution in [3.63, 3.8) is 0 Å². The smallest absolute Gasteiger partial charge is 0.346 e. The van der Waals surface area contributed by atoms with Crippen molar-refractivity contribution in [2.24, 2.45) is 0 Å². The molecule has 4 aliphatic rings. The van der Waals surface area contributed by atoms with Crippen LogP contribution in [0.3, 0.4) is 0 Å². The molecular formula is C19H23NO5. The molecule has 25 heavy (non-hydrogen) atoms. The number of nitrogens with zero attached hydrogens (tertiary/aromatic N) is 1. The maximum Gasteiger partial charge on any atom is 0.346 e. The van der Waals surface area contributed by atoms with E-state index in [1.807, 2.05) is 0 Å². The predicted molar refractivity (Wildman–Crippen MR) is 92.1 cm³/mol. The second kappa shape index (κ2) is 7.80. The van der Waals surface area contributed by atoms with Crippen LogP contribution in [0.5, 0.6) is 0 Å². The summed E-state index contributed by atoms with van der Waals surface area (Å²) in [6.45, 7) is 5.44. The highest BCUT2D eigenvalue weighted by Crippen LogP contribution is 2.32. The van der Waals surface area contributed by atoms with Gasteiger partial charge in [0.25, 0.3) is 0 Å². The molecule has 0 aromatic heterocycles. The maximum absolute atomic E-state index is 11.4. The van der Waals surface area contributed by atoms with Gasteiger partial charge in [0, 0.05) is 13.1 Å². The standard InChI is InChI=1S/C13H19NO5.C6H4/c1-9(15)11-12(16)10(19-13(11)17)3-2-4-14-5-7-18-8-6-14;1-2-5-4-6(5)3-1/h10,16H,2-8H2,1H3;1-4H. The largest absolute Gasteiger partial charge is 0.507 e. The van der Waals surface area contributed by atoms with Gasteiger partial charge in [0.15, 0.2) is 17.6 Å². The molecule has 6 heteroatoms. The number of aliphatic hydroxyl groups is 1. The molecule has 4 rings (SSSR count). The first-order valence-corrected chi connectivity index (χ1v) is 8.62. The molecule has 2 aliphatic heterocycles. The fourth-order valence-electron chi connectivity index (χ4n) is 3.03. The first-order valence-electron chi connectivity index (χ1n) is 8.62. The molecule has 0 spiro atoms. The molecule has 1 saturated heterocycles. The van der Waals surface area contributed by atoms with Gasteiger partial charge in [-0.3, -0.25) is 9.69 Å². The van der Waals surface area contributed by atoms with Gasteiger partial charge < -0.3 is 14.6 Å². The molecule has 6 nitrogen and oxygen atoms in total. The van der Waals surface area contributed by atoms with Gasteiger partial charge in [0.2, 0.25) is 0 Å². The van der Waals surface area contributed by atoms with Gasteiger partial charge in [-0.1, -0.05) is 18.2 Å². The minimum absolute atomic E-state index is 0.198. The molecule has 0 saturated carbocycles. The van der Waals surface area contributed by atoms with Gasteiger partial charge in [-0.2, -0.15) is 0 Å². The molecule has 1 atom stereocenters. The van der Waals surface area contributed by atoms with Crippen molar-refractivity contribution in [2.75, 3.05) is 32.8 Å². The third kappa shape index (κ3) is 4.46. The lowest BCUT2D eigenvalue weighted by molar-refractivity contribution is -0.141. The Bertz CT molecular complexity index is 674. The van der Waals surface area contributed by atoms with Crippen LogP contribution in [0.4, 0.5) is 0 Å². The average Bonchev–Trinajstić information content (AvgIpc) is 3.07. The minimum Gasteiger partial charge on any atom is -0.507 e. The lowest BCUT2D eigenvalue weighted by Gasteiger charge is -2.26. The normalized spacial score (nSPS) is 21.5. The van der Waals surface area contributed by atoms with Crippen molar-refractivity contribution in [1.29, 1.82) is 0 Å². The van der Waals surface area contributed by atoms with Crippen LogP contribution in [0, 0.1) is 0 Å². The number of cyclic esters (lactones) is 1. The second-order valence-corrected chi connectivity index (χ2v) is 6.39. The highest BCUT2D eigenvalue weighted by molar-refractivity contribution is 6.18. The number of morpholine rings is 1. The topological polar surface area (TPSA) is 76.1 Å². The van der Waals surface area contributed by atoms with E-state index in [1.165, 1.54) is 18.1 Å². The number of carbonyl (C=O) groups is 2. The van der Waals surface area contributed by atoms with E-state index in [-0.39, 0.29) is 11.3 Å². The Labute approximate surface area is 147 Å². The zero-order chi connectivity index (χ0) is 17.8. The summed E-state index contributed by atoms with van der Waals surface area (Å²) in [6.07, 6.45) is 0.672. The second-order valence-electron chi connectivity index (χ2n) is 6.39. The van der Waals surface area contributed by atoms with Crippen LogP contribution in [0.15, 0.2) is 35.6 Å². The molecule has 0 aromatic rings. The third-order valence-corrected chi connectivity index (χ3v) is 4.52. The zero-order valence-corrected chi connectivity index (χ0v) is 14.4. The van der Waals surface area contributed by atoms with Crippen molar-refractivity contribution in [3.8, 4) is 11.1 Å². The van der Waals surface area contributed by atoms with Crippen LogP contribution in [0.2, 0.25) is 0 Å². The number of ether oxygens (including phenoxy) is 2. The summed E-state index contributed by atoms with van der Waals surface area (Å²) in [5.41, 5.74) is 2.65. The van der Waals surface area contributed by atoms with Crippen LogP contribution in [0.1, 0.15) is 19.8 Å². The highest BCUT2D eigenvalue weighted by atomic mass is 16.6. The van der Waals surface area contributed by atoms with Crippen LogP contribution in [-0.2, 0) is 19.1 Å². The summed E-state index contributed by atoms with van der Waals surface area (Å²) in [5.74, 6) is -1.36. The van der Waals surface area contributed by atoms with E-state index in [0.29, 0.717) is 6.42 Å². The maximum atomic E-state index is 11.4. The van der Waals surface area contributed by atoms with E-state index >= 15 is 0 Å². The van der Waals surface area contributed by atoms with Crippen molar-refractivity contribution < 1.29 is 24.2 Å². The first-order chi connectivity index (χ1) is 12.1. The van der Waals surface area contributed by atoms with Crippen molar-refractivity contribution in [3.05, 3.63) is 35.6 Å². The number of esters is 1. The molecule has 1 fully saturated rings. The number of carbonyl (C=O) groups excluding carboxylic acids is 2. The van der Waals surface area contributed by atoms with E-state index in [1.54, 1.807) is 0 Å². The Morgan fingerprint density at radius 3 is 2.44 bits per heavy atom. The van der Waals surface area contributed by atoms with Gasteiger partial charge in [-0.25, -0.2) is 4.79 Å². The van der Waals surface area contributed by atoms with Crippen molar-refractivity contribution in [2.45, 2.75) is 25.9 Å². The summed E-state index contributed by atoms with van der Waals surface area (Å²) >= 11 is 0. The van der Waals surface area contributed by atoms with E-state index in [9.17, 15) is 14.7 Å². The Hall–Kier alpha value is -2.18. The fraction of sp³-hybridized carbons (Fsp3) is 0.474. The predicted octanol–water partition coefficient (Wildman–Crippen LogP) is 2.09. The van der Waals surface area contributed by atoms with Gasteiger partial charge in [0.05, 0.1) is 13.2 Å². The van der Waals surface area contributed by atoms with Gasteiger partial charge >= 0.3 is 5.97 Å². The summed E-state index contributed by atoms with van der Waals surface area (Å²) in [5, 5.41) is 9.81. The van der Waals surface area contributed by atoms with Crippen LogP contribution >= 0.6 is 0 Å². The van der Waals surface area contributed by atoms with Crippen molar-refractivity contribution in [1.82, 2.24) is 4.90 Å². The van der Waals surface area contributed by atoms with Crippen LogP contribution < -0.4 is 0 Å². The average molecular weight is 345 g/mol. The number of ketones is 1. The molecule has 0 aromatic carbocycles. The van der Waals surface area contributed by atoms with E-state index in [4.69, 9.17) is 9.47 Å². The van der Waals surface area contributed by atoms with Crippen molar-refractivity contribution >= 4 is 11.8 Å². The molecule has 0 bridgehead atoms. The van der Waals surface area contributed by atoms with Crippen LogP contribution in [0.25, 0.3) is 11.1 Å². The van der Waals surface area contributed by atoms with E-state index in [2.05, 4.69) is 29.2 Å². The number of hydrogen-bond donors (Lipinski definition) is 1. The zero-order valence-electron chi connectivity index (χ0n) is 14.4. The summed E-state index contributed by atoms with van der Waals surface area (Å²) in [4.78, 5) is 24.9. The molecule has 1 unspecified atom stereocenters. The molecule has 1 N–H and O–H groups in total. The quantitative estimate of drug-likeness (QED) is 0.661. The Morgan fingerprint density at radius 2 is 1.96 bits per heavy atom. The first kappa shape index (κ1) is 17.6. The number of rotatable bonds is 5. The molecule has 2 heterocycles. The number of fused-ring (bicyclic) bond motifs is 1.